The number of nitrogens with zero attached hydrogens (tertiary/aromatic N) is 1. The molecule has 2 fully saturated rings. The number of aromatic carboxylic acids is 1. The van der Waals surface area contributed by atoms with Crippen LogP contribution in [0.5, 0.6) is 0 Å². The van der Waals surface area contributed by atoms with Crippen LogP contribution in [0.2, 0.25) is 0 Å². The van der Waals surface area contributed by atoms with Gasteiger partial charge in [0.25, 0.3) is 0 Å². The second kappa shape index (κ2) is 5.33. The lowest BCUT2D eigenvalue weighted by molar-refractivity contribution is 0.0696. The van der Waals surface area contributed by atoms with Crippen LogP contribution in [0.15, 0.2) is 24.3 Å². The fraction of sp³-hybridized carbons (Fsp3) is 0.562. The van der Waals surface area contributed by atoms with Gasteiger partial charge in [0.15, 0.2) is 0 Å². The van der Waals surface area contributed by atoms with Gasteiger partial charge in [0, 0.05) is 19.1 Å². The first-order valence-corrected chi connectivity index (χ1v) is 7.28. The molecule has 0 radical (unpaired) electrons. The maximum Gasteiger partial charge on any atom is 0.335 e. The molecule has 0 heterocycles. The Labute approximate surface area is 114 Å². The van der Waals surface area contributed by atoms with Gasteiger partial charge in [-0.25, -0.2) is 4.79 Å². The number of carboxylic acids is 1. The summed E-state index contributed by atoms with van der Waals surface area (Å²) in [6.45, 7) is 2.10. The zero-order chi connectivity index (χ0) is 13.2. The summed E-state index contributed by atoms with van der Waals surface area (Å²) in [6, 6.07) is 8.12. The summed E-state index contributed by atoms with van der Waals surface area (Å²) in [5, 5.41) is 9.05. The Morgan fingerprint density at radius 3 is 2.63 bits per heavy atom. The van der Waals surface area contributed by atoms with Gasteiger partial charge in [-0.3, -0.25) is 4.90 Å². The predicted octanol–water partition coefficient (Wildman–Crippen LogP) is 3.15. The molecule has 0 amide bonds. The van der Waals surface area contributed by atoms with Gasteiger partial charge in [-0.1, -0.05) is 18.6 Å². The van der Waals surface area contributed by atoms with Crippen molar-refractivity contribution in [3.8, 4) is 0 Å². The Morgan fingerprint density at radius 2 is 2.05 bits per heavy atom. The fourth-order valence-corrected chi connectivity index (χ4v) is 2.76. The van der Waals surface area contributed by atoms with Crippen molar-refractivity contribution in [3.63, 3.8) is 0 Å². The second-order valence-corrected chi connectivity index (χ2v) is 5.96. The Bertz CT molecular complexity index is 464. The molecule has 0 unspecified atom stereocenters. The van der Waals surface area contributed by atoms with Crippen LogP contribution in [0.1, 0.15) is 48.0 Å². The largest absolute Gasteiger partial charge is 0.478 e. The van der Waals surface area contributed by atoms with E-state index in [2.05, 4.69) is 4.90 Å². The number of carbonyl (C=O) groups is 1. The lowest BCUT2D eigenvalue weighted by atomic mass is 9.91. The van der Waals surface area contributed by atoms with E-state index in [4.69, 9.17) is 5.11 Å². The third-order valence-corrected chi connectivity index (χ3v) is 4.34. The normalized spacial score (nSPS) is 19.4. The Kier molecular flexibility index (Phi) is 3.56. The lowest BCUT2D eigenvalue weighted by Gasteiger charge is -2.37. The van der Waals surface area contributed by atoms with Crippen molar-refractivity contribution < 1.29 is 9.90 Å². The molecule has 0 bridgehead atoms. The third-order valence-electron chi connectivity index (χ3n) is 4.34. The molecule has 19 heavy (non-hydrogen) atoms. The topological polar surface area (TPSA) is 40.5 Å². The van der Waals surface area contributed by atoms with E-state index in [0.29, 0.717) is 5.56 Å². The van der Waals surface area contributed by atoms with Crippen molar-refractivity contribution >= 4 is 5.97 Å². The van der Waals surface area contributed by atoms with Crippen molar-refractivity contribution in [2.75, 3.05) is 6.54 Å². The van der Waals surface area contributed by atoms with E-state index in [0.717, 1.165) is 24.1 Å². The highest BCUT2D eigenvalue weighted by atomic mass is 16.4. The molecule has 0 spiro atoms. The number of benzene rings is 1. The van der Waals surface area contributed by atoms with Crippen LogP contribution < -0.4 is 0 Å². The average molecular weight is 259 g/mol. The third kappa shape index (κ3) is 3.16. The summed E-state index contributed by atoms with van der Waals surface area (Å²) in [5.41, 5.74) is 1.53. The van der Waals surface area contributed by atoms with E-state index in [1.807, 2.05) is 18.2 Å². The van der Waals surface area contributed by atoms with Crippen LogP contribution in [-0.4, -0.2) is 28.6 Å². The molecule has 1 N–H and O–H groups in total. The molecular weight excluding hydrogens is 238 g/mol. The van der Waals surface area contributed by atoms with Crippen LogP contribution in [0.4, 0.5) is 0 Å². The molecule has 102 valence electrons. The van der Waals surface area contributed by atoms with E-state index < -0.39 is 5.97 Å². The second-order valence-electron chi connectivity index (χ2n) is 5.96. The zero-order valence-electron chi connectivity index (χ0n) is 11.2. The molecule has 2 aliphatic rings. The van der Waals surface area contributed by atoms with Crippen LogP contribution in [0.25, 0.3) is 0 Å². The summed E-state index contributed by atoms with van der Waals surface area (Å²) in [4.78, 5) is 13.6. The first-order chi connectivity index (χ1) is 9.22. The molecule has 2 saturated carbocycles. The number of hydrogen-bond donors (Lipinski definition) is 1. The number of carboxylic acid groups (broad SMARTS) is 1. The number of hydrogen-bond acceptors (Lipinski definition) is 2. The van der Waals surface area contributed by atoms with Gasteiger partial charge in [-0.05, 0) is 49.3 Å². The van der Waals surface area contributed by atoms with Crippen molar-refractivity contribution in [2.45, 2.75) is 44.7 Å². The maximum absolute atomic E-state index is 11.0. The molecule has 3 rings (SSSR count). The number of rotatable bonds is 6. The van der Waals surface area contributed by atoms with Gasteiger partial charge < -0.3 is 5.11 Å². The van der Waals surface area contributed by atoms with E-state index in [9.17, 15) is 4.79 Å². The van der Waals surface area contributed by atoms with Gasteiger partial charge in [0.2, 0.25) is 0 Å². The molecule has 1 aromatic rings. The van der Waals surface area contributed by atoms with Gasteiger partial charge in [0.05, 0.1) is 5.56 Å². The predicted molar refractivity (Wildman–Crippen MR) is 74.2 cm³/mol. The van der Waals surface area contributed by atoms with Crippen molar-refractivity contribution in [1.82, 2.24) is 4.90 Å². The lowest BCUT2D eigenvalue weighted by Crippen LogP contribution is -2.40. The highest BCUT2D eigenvalue weighted by molar-refractivity contribution is 5.87. The minimum atomic E-state index is -0.834. The van der Waals surface area contributed by atoms with Gasteiger partial charge in [-0.2, -0.15) is 0 Å². The van der Waals surface area contributed by atoms with Crippen molar-refractivity contribution in [2.24, 2.45) is 5.92 Å². The average Bonchev–Trinajstić information content (AvgIpc) is 3.11. The smallest absolute Gasteiger partial charge is 0.335 e. The zero-order valence-corrected chi connectivity index (χ0v) is 11.2. The van der Waals surface area contributed by atoms with E-state index >= 15 is 0 Å². The summed E-state index contributed by atoms with van der Waals surface area (Å²) in [7, 11) is 0. The highest BCUT2D eigenvalue weighted by Gasteiger charge is 2.30. The Hall–Kier alpha value is -1.35. The van der Waals surface area contributed by atoms with Crippen LogP contribution >= 0.6 is 0 Å². The van der Waals surface area contributed by atoms with Gasteiger partial charge in [-0.15, -0.1) is 0 Å². The molecular formula is C16H21NO2. The van der Waals surface area contributed by atoms with Crippen molar-refractivity contribution in [1.29, 1.82) is 0 Å². The first kappa shape index (κ1) is 12.7. The molecule has 0 aromatic heterocycles. The highest BCUT2D eigenvalue weighted by Crippen LogP contribution is 2.34. The van der Waals surface area contributed by atoms with E-state index in [-0.39, 0.29) is 0 Å². The minimum Gasteiger partial charge on any atom is -0.478 e. The Balaban J connectivity index is 1.69. The molecule has 0 atom stereocenters. The molecule has 3 nitrogen and oxygen atoms in total. The maximum atomic E-state index is 11.0. The Morgan fingerprint density at radius 1 is 1.26 bits per heavy atom. The molecule has 2 aliphatic carbocycles. The van der Waals surface area contributed by atoms with Gasteiger partial charge in [0.1, 0.15) is 0 Å². The summed E-state index contributed by atoms with van der Waals surface area (Å²) >= 11 is 0. The summed E-state index contributed by atoms with van der Waals surface area (Å²) < 4.78 is 0. The minimum absolute atomic E-state index is 0.400. The fourth-order valence-electron chi connectivity index (χ4n) is 2.76. The standard InChI is InChI=1S/C16H21NO2/c18-16(19)14-4-1-3-13(9-14)11-17(10-12-7-8-12)15-5-2-6-15/h1,3-4,9,12,15H,2,5-8,10-11H2,(H,18,19). The quantitative estimate of drug-likeness (QED) is 0.853. The van der Waals surface area contributed by atoms with Gasteiger partial charge >= 0.3 is 5.97 Å². The molecule has 1 aromatic carbocycles. The van der Waals surface area contributed by atoms with Crippen LogP contribution in [0.3, 0.4) is 0 Å². The molecule has 0 aliphatic heterocycles. The monoisotopic (exact) mass is 259 g/mol. The molecule has 0 saturated heterocycles. The van der Waals surface area contributed by atoms with E-state index in [1.54, 1.807) is 6.07 Å². The SMILES string of the molecule is O=C(O)c1cccc(CN(CC2CC2)C2CCC2)c1. The first-order valence-electron chi connectivity index (χ1n) is 7.28. The van der Waals surface area contributed by atoms with Crippen LogP contribution in [-0.2, 0) is 6.54 Å². The summed E-state index contributed by atoms with van der Waals surface area (Å²) in [5.74, 6) is 0.0579. The van der Waals surface area contributed by atoms with Crippen LogP contribution in [0, 0.1) is 5.92 Å². The molecule has 3 heteroatoms. The summed E-state index contributed by atoms with van der Waals surface area (Å²) in [6.07, 6.45) is 6.72. The van der Waals surface area contributed by atoms with E-state index in [1.165, 1.54) is 38.6 Å². The van der Waals surface area contributed by atoms with Crippen molar-refractivity contribution in [3.05, 3.63) is 35.4 Å².